The summed E-state index contributed by atoms with van der Waals surface area (Å²) in [5, 5.41) is 10.8. The van der Waals surface area contributed by atoms with Gasteiger partial charge in [-0.2, -0.15) is 5.10 Å². The summed E-state index contributed by atoms with van der Waals surface area (Å²) in [5.41, 5.74) is 4.39. The summed E-state index contributed by atoms with van der Waals surface area (Å²) < 4.78 is 12.8. The number of carbonyl (C=O) groups is 1. The fraction of sp³-hybridized carbons (Fsp3) is 0.360. The Morgan fingerprint density at radius 3 is 2.75 bits per heavy atom. The second-order valence-electron chi connectivity index (χ2n) is 8.08. The number of ether oxygens (including phenoxy) is 2. The molecule has 0 radical (unpaired) electrons. The second-order valence-corrected chi connectivity index (χ2v) is 8.08. The zero-order valence-corrected chi connectivity index (χ0v) is 18.8. The lowest BCUT2D eigenvalue weighted by Gasteiger charge is -2.26. The summed E-state index contributed by atoms with van der Waals surface area (Å²) in [6.45, 7) is 2.67. The van der Waals surface area contributed by atoms with E-state index in [1.165, 1.54) is 11.3 Å². The van der Waals surface area contributed by atoms with Crippen LogP contribution in [0.3, 0.4) is 0 Å². The molecule has 7 heteroatoms. The molecule has 2 atom stereocenters. The maximum Gasteiger partial charge on any atom is 0.315 e. The van der Waals surface area contributed by atoms with Gasteiger partial charge in [0.15, 0.2) is 0 Å². The molecule has 2 aromatic carbocycles. The average Bonchev–Trinajstić information content (AvgIpc) is 3.23. The van der Waals surface area contributed by atoms with E-state index in [0.29, 0.717) is 5.75 Å². The van der Waals surface area contributed by atoms with E-state index in [-0.39, 0.29) is 18.1 Å². The molecule has 2 unspecified atom stereocenters. The largest absolute Gasteiger partial charge is 0.497 e. The molecule has 0 saturated carbocycles. The first-order valence-corrected chi connectivity index (χ1v) is 11.0. The molecule has 0 fully saturated rings. The monoisotopic (exact) mass is 434 g/mol. The Morgan fingerprint density at radius 1 is 1.19 bits per heavy atom. The number of nitrogens with one attached hydrogen (secondary N) is 2. The predicted molar refractivity (Wildman–Crippen MR) is 123 cm³/mol. The summed E-state index contributed by atoms with van der Waals surface area (Å²) in [4.78, 5) is 12.8. The number of methoxy groups -OCH3 is 2. The summed E-state index contributed by atoms with van der Waals surface area (Å²) in [6, 6.07) is 15.4. The molecular weight excluding hydrogens is 404 g/mol. The van der Waals surface area contributed by atoms with E-state index in [2.05, 4.69) is 32.5 Å². The van der Waals surface area contributed by atoms with Crippen molar-refractivity contribution < 1.29 is 14.3 Å². The lowest BCUT2D eigenvalue weighted by Crippen LogP contribution is -2.40. The van der Waals surface area contributed by atoms with Crippen LogP contribution in [0.5, 0.6) is 11.5 Å². The smallest absolute Gasteiger partial charge is 0.315 e. The SMILES string of the molecule is COc1ccc(OC)c(C(C)NC(=O)NC2CCCc3c2cnn3Cc2ccccc2)c1. The van der Waals surface area contributed by atoms with E-state index < -0.39 is 0 Å². The lowest BCUT2D eigenvalue weighted by molar-refractivity contribution is 0.232. The number of fused-ring (bicyclic) bond motifs is 1. The van der Waals surface area contributed by atoms with Gasteiger partial charge in [0.1, 0.15) is 11.5 Å². The standard InChI is InChI=1S/C25H30N4O3/c1-17(20-14-19(31-2)12-13-24(20)32-3)27-25(30)28-22-10-7-11-23-21(22)15-26-29(23)16-18-8-5-4-6-9-18/h4-6,8-9,12-15,17,22H,7,10-11,16H2,1-3H3,(H2,27,28,30). The maximum absolute atomic E-state index is 12.8. The highest BCUT2D eigenvalue weighted by Gasteiger charge is 2.26. The molecule has 1 aromatic heterocycles. The van der Waals surface area contributed by atoms with Crippen molar-refractivity contribution in [1.29, 1.82) is 0 Å². The summed E-state index contributed by atoms with van der Waals surface area (Å²) in [5.74, 6) is 1.43. The molecular formula is C25H30N4O3. The molecule has 7 nitrogen and oxygen atoms in total. The third kappa shape index (κ3) is 4.72. The average molecular weight is 435 g/mol. The van der Waals surface area contributed by atoms with Crippen LogP contribution in [0.1, 0.15) is 54.2 Å². The van der Waals surface area contributed by atoms with Crippen LogP contribution in [0.4, 0.5) is 4.79 Å². The van der Waals surface area contributed by atoms with Crippen molar-refractivity contribution in [2.24, 2.45) is 0 Å². The van der Waals surface area contributed by atoms with Crippen LogP contribution in [-0.2, 0) is 13.0 Å². The number of amides is 2. The Morgan fingerprint density at radius 2 is 2.00 bits per heavy atom. The van der Waals surface area contributed by atoms with E-state index in [1.807, 2.05) is 49.5 Å². The van der Waals surface area contributed by atoms with Gasteiger partial charge in [-0.05, 0) is 49.9 Å². The van der Waals surface area contributed by atoms with E-state index >= 15 is 0 Å². The van der Waals surface area contributed by atoms with Gasteiger partial charge in [-0.25, -0.2) is 4.79 Å². The molecule has 168 valence electrons. The molecule has 0 bridgehead atoms. The summed E-state index contributed by atoms with van der Waals surface area (Å²) >= 11 is 0. The summed E-state index contributed by atoms with van der Waals surface area (Å²) in [7, 11) is 3.24. The van der Waals surface area contributed by atoms with Gasteiger partial charge in [-0.1, -0.05) is 30.3 Å². The van der Waals surface area contributed by atoms with Crippen LogP contribution in [0.15, 0.2) is 54.7 Å². The Kier molecular flexibility index (Phi) is 6.63. The topological polar surface area (TPSA) is 77.4 Å². The molecule has 0 aliphatic heterocycles. The van der Waals surface area contributed by atoms with Crippen LogP contribution in [0.2, 0.25) is 0 Å². The minimum absolute atomic E-state index is 0.0531. The Labute approximate surface area is 188 Å². The number of aromatic nitrogens is 2. The lowest BCUT2D eigenvalue weighted by atomic mass is 9.93. The second kappa shape index (κ2) is 9.77. The third-order valence-corrected chi connectivity index (χ3v) is 5.99. The van der Waals surface area contributed by atoms with E-state index in [9.17, 15) is 4.79 Å². The zero-order valence-electron chi connectivity index (χ0n) is 18.8. The minimum Gasteiger partial charge on any atom is -0.497 e. The van der Waals surface area contributed by atoms with Crippen molar-refractivity contribution in [1.82, 2.24) is 20.4 Å². The molecule has 1 aliphatic rings. The highest BCUT2D eigenvalue weighted by Crippen LogP contribution is 2.31. The Balaban J connectivity index is 1.44. The van der Waals surface area contributed by atoms with Gasteiger partial charge < -0.3 is 20.1 Å². The van der Waals surface area contributed by atoms with Gasteiger partial charge in [-0.15, -0.1) is 0 Å². The van der Waals surface area contributed by atoms with Gasteiger partial charge >= 0.3 is 6.03 Å². The van der Waals surface area contributed by atoms with Gasteiger partial charge in [0, 0.05) is 16.8 Å². The van der Waals surface area contributed by atoms with Crippen molar-refractivity contribution in [2.75, 3.05) is 14.2 Å². The fourth-order valence-corrected chi connectivity index (χ4v) is 4.31. The van der Waals surface area contributed by atoms with Crippen molar-refractivity contribution >= 4 is 6.03 Å². The van der Waals surface area contributed by atoms with E-state index in [1.54, 1.807) is 14.2 Å². The van der Waals surface area contributed by atoms with Gasteiger partial charge in [0.2, 0.25) is 0 Å². The van der Waals surface area contributed by atoms with Gasteiger partial charge in [0.05, 0.1) is 39.0 Å². The zero-order chi connectivity index (χ0) is 22.5. The number of carbonyl (C=O) groups excluding carboxylic acids is 1. The van der Waals surface area contributed by atoms with Crippen LogP contribution in [0, 0.1) is 0 Å². The van der Waals surface area contributed by atoms with E-state index in [0.717, 1.165) is 42.7 Å². The third-order valence-electron chi connectivity index (χ3n) is 5.99. The highest BCUT2D eigenvalue weighted by atomic mass is 16.5. The number of rotatable bonds is 7. The highest BCUT2D eigenvalue weighted by molar-refractivity contribution is 5.75. The molecule has 3 aromatic rings. The number of hydrogen-bond acceptors (Lipinski definition) is 4. The predicted octanol–water partition coefficient (Wildman–Crippen LogP) is 4.39. The molecule has 2 amide bonds. The number of benzene rings is 2. The number of hydrogen-bond donors (Lipinski definition) is 2. The maximum atomic E-state index is 12.8. The fourth-order valence-electron chi connectivity index (χ4n) is 4.31. The molecule has 1 heterocycles. The Hall–Kier alpha value is -3.48. The minimum atomic E-state index is -0.246. The Bertz CT molecular complexity index is 1060. The van der Waals surface area contributed by atoms with Gasteiger partial charge in [0.25, 0.3) is 0 Å². The molecule has 0 spiro atoms. The molecule has 1 aliphatic carbocycles. The number of nitrogens with zero attached hydrogens (tertiary/aromatic N) is 2. The van der Waals surface area contributed by atoms with Crippen molar-refractivity contribution in [3.8, 4) is 11.5 Å². The normalized spacial score (nSPS) is 16.0. The molecule has 0 saturated heterocycles. The molecule has 2 N–H and O–H groups in total. The first kappa shape index (κ1) is 21.7. The van der Waals surface area contributed by atoms with Gasteiger partial charge in [-0.3, -0.25) is 4.68 Å². The first-order valence-electron chi connectivity index (χ1n) is 11.0. The van der Waals surface area contributed by atoms with E-state index in [4.69, 9.17) is 9.47 Å². The molecule has 4 rings (SSSR count). The van der Waals surface area contributed by atoms with Crippen molar-refractivity contribution in [3.63, 3.8) is 0 Å². The van der Waals surface area contributed by atoms with Crippen LogP contribution < -0.4 is 20.1 Å². The number of urea groups is 1. The molecule has 32 heavy (non-hydrogen) atoms. The first-order chi connectivity index (χ1) is 15.6. The van der Waals surface area contributed by atoms with Crippen LogP contribution >= 0.6 is 0 Å². The van der Waals surface area contributed by atoms with Crippen LogP contribution in [0.25, 0.3) is 0 Å². The van der Waals surface area contributed by atoms with Crippen LogP contribution in [-0.4, -0.2) is 30.0 Å². The van der Waals surface area contributed by atoms with Crippen molar-refractivity contribution in [2.45, 2.75) is 44.8 Å². The quantitative estimate of drug-likeness (QED) is 0.578. The van der Waals surface area contributed by atoms with Crippen molar-refractivity contribution in [3.05, 3.63) is 77.1 Å². The summed E-state index contributed by atoms with van der Waals surface area (Å²) in [6.07, 6.45) is 4.78.